The average molecular weight is 322 g/mol. The van der Waals surface area contributed by atoms with Crippen LogP contribution in [0.15, 0.2) is 12.3 Å². The number of ether oxygens (including phenoxy) is 1. The number of nitrogens with zero attached hydrogens (tertiary/aromatic N) is 3. The smallest absolute Gasteiger partial charge is 0.249 e. The molecule has 1 atom stereocenters. The molecule has 1 aromatic heterocycles. The third kappa shape index (κ3) is 4.79. The SMILES string of the molecule is CC(C)CC1C(=O)NCCCN1C(=O)COCc1ccnn1C. The molecule has 2 heterocycles. The molecule has 7 heteroatoms. The van der Waals surface area contributed by atoms with Gasteiger partial charge in [0.05, 0.1) is 12.3 Å². The van der Waals surface area contributed by atoms with Gasteiger partial charge < -0.3 is 15.0 Å². The van der Waals surface area contributed by atoms with Crippen LogP contribution >= 0.6 is 0 Å². The Labute approximate surface area is 137 Å². The molecule has 0 saturated carbocycles. The fourth-order valence-corrected chi connectivity index (χ4v) is 2.72. The monoisotopic (exact) mass is 322 g/mol. The average Bonchev–Trinajstić information content (AvgIpc) is 2.81. The third-order valence-electron chi connectivity index (χ3n) is 3.97. The lowest BCUT2D eigenvalue weighted by atomic mass is 10.0. The third-order valence-corrected chi connectivity index (χ3v) is 3.97. The molecule has 0 aliphatic carbocycles. The molecular formula is C16H26N4O3. The number of aryl methyl sites for hydroxylation is 1. The van der Waals surface area contributed by atoms with Crippen LogP contribution in [0.2, 0.25) is 0 Å². The van der Waals surface area contributed by atoms with Crippen LogP contribution in [-0.2, 0) is 28.0 Å². The highest BCUT2D eigenvalue weighted by molar-refractivity contribution is 5.88. The van der Waals surface area contributed by atoms with Gasteiger partial charge in [0, 0.05) is 26.3 Å². The van der Waals surface area contributed by atoms with E-state index in [0.29, 0.717) is 32.0 Å². The number of carbonyl (C=O) groups excluding carboxylic acids is 2. The van der Waals surface area contributed by atoms with Crippen molar-refractivity contribution in [3.05, 3.63) is 18.0 Å². The summed E-state index contributed by atoms with van der Waals surface area (Å²) in [6.45, 7) is 5.63. The Morgan fingerprint density at radius 1 is 1.52 bits per heavy atom. The van der Waals surface area contributed by atoms with Gasteiger partial charge >= 0.3 is 0 Å². The van der Waals surface area contributed by atoms with Crippen molar-refractivity contribution in [1.29, 1.82) is 0 Å². The van der Waals surface area contributed by atoms with Crippen LogP contribution in [0.3, 0.4) is 0 Å². The maximum Gasteiger partial charge on any atom is 0.249 e. The predicted octanol–water partition coefficient (Wildman–Crippen LogP) is 0.700. The minimum absolute atomic E-state index is 0.0208. The first-order valence-corrected chi connectivity index (χ1v) is 8.11. The van der Waals surface area contributed by atoms with Crippen molar-refractivity contribution >= 4 is 11.8 Å². The van der Waals surface area contributed by atoms with Crippen molar-refractivity contribution in [3.63, 3.8) is 0 Å². The molecule has 1 aliphatic heterocycles. The highest BCUT2D eigenvalue weighted by Crippen LogP contribution is 2.15. The first-order chi connectivity index (χ1) is 11.0. The number of aromatic nitrogens is 2. The number of rotatable bonds is 6. The highest BCUT2D eigenvalue weighted by Gasteiger charge is 2.31. The van der Waals surface area contributed by atoms with Crippen LogP contribution in [0, 0.1) is 5.92 Å². The molecule has 0 radical (unpaired) electrons. The van der Waals surface area contributed by atoms with E-state index in [2.05, 4.69) is 24.3 Å². The molecular weight excluding hydrogens is 296 g/mol. The van der Waals surface area contributed by atoms with Gasteiger partial charge in [-0.15, -0.1) is 0 Å². The van der Waals surface area contributed by atoms with E-state index in [1.54, 1.807) is 15.8 Å². The quantitative estimate of drug-likeness (QED) is 0.836. The zero-order valence-corrected chi connectivity index (χ0v) is 14.1. The van der Waals surface area contributed by atoms with Crippen LogP contribution in [0.5, 0.6) is 0 Å². The number of amides is 2. The van der Waals surface area contributed by atoms with Crippen LogP contribution in [-0.4, -0.2) is 52.2 Å². The summed E-state index contributed by atoms with van der Waals surface area (Å²) in [5.41, 5.74) is 0.908. The van der Waals surface area contributed by atoms with Crippen LogP contribution < -0.4 is 5.32 Å². The summed E-state index contributed by atoms with van der Waals surface area (Å²) in [5.74, 6) is 0.153. The number of carbonyl (C=O) groups is 2. The minimum Gasteiger partial charge on any atom is -0.365 e. The molecule has 1 N–H and O–H groups in total. The maximum atomic E-state index is 12.5. The van der Waals surface area contributed by atoms with Crippen molar-refractivity contribution in [2.24, 2.45) is 13.0 Å². The molecule has 0 spiro atoms. The first kappa shape index (κ1) is 17.5. The fraction of sp³-hybridized carbons (Fsp3) is 0.688. The molecule has 128 valence electrons. The van der Waals surface area contributed by atoms with Crippen LogP contribution in [0.25, 0.3) is 0 Å². The molecule has 0 bridgehead atoms. The Morgan fingerprint density at radius 2 is 2.30 bits per heavy atom. The number of hydrogen-bond acceptors (Lipinski definition) is 4. The van der Waals surface area contributed by atoms with Gasteiger partial charge in [0.2, 0.25) is 11.8 Å². The minimum atomic E-state index is -0.398. The normalized spacial score (nSPS) is 18.9. The summed E-state index contributed by atoms with van der Waals surface area (Å²) in [7, 11) is 1.83. The van der Waals surface area contributed by atoms with E-state index in [9.17, 15) is 9.59 Å². The van der Waals surface area contributed by atoms with Crippen molar-refractivity contribution in [2.75, 3.05) is 19.7 Å². The van der Waals surface area contributed by atoms with Crippen LogP contribution in [0.1, 0.15) is 32.4 Å². The van der Waals surface area contributed by atoms with Gasteiger partial charge in [-0.25, -0.2) is 0 Å². The lowest BCUT2D eigenvalue weighted by Gasteiger charge is -2.29. The molecule has 1 aromatic rings. The first-order valence-electron chi connectivity index (χ1n) is 8.11. The Balaban J connectivity index is 1.94. The van der Waals surface area contributed by atoms with Gasteiger partial charge in [0.25, 0.3) is 0 Å². The van der Waals surface area contributed by atoms with E-state index in [1.165, 1.54) is 0 Å². The Morgan fingerprint density at radius 3 is 2.96 bits per heavy atom. The summed E-state index contributed by atoms with van der Waals surface area (Å²) < 4.78 is 7.23. The molecule has 0 aromatic carbocycles. The van der Waals surface area contributed by atoms with E-state index in [1.807, 2.05) is 13.1 Å². The number of hydrogen-bond donors (Lipinski definition) is 1. The molecule has 1 unspecified atom stereocenters. The van der Waals surface area contributed by atoms with E-state index in [0.717, 1.165) is 12.1 Å². The summed E-state index contributed by atoms with van der Waals surface area (Å²) in [4.78, 5) is 26.4. The second-order valence-electron chi connectivity index (χ2n) is 6.32. The van der Waals surface area contributed by atoms with Gasteiger partial charge in [0.1, 0.15) is 12.6 Å². The summed E-state index contributed by atoms with van der Waals surface area (Å²) >= 11 is 0. The molecule has 2 rings (SSSR count). The van der Waals surface area contributed by atoms with Crippen molar-refractivity contribution in [1.82, 2.24) is 20.0 Å². The van der Waals surface area contributed by atoms with E-state index in [-0.39, 0.29) is 18.4 Å². The Hall–Kier alpha value is -1.89. The molecule has 7 nitrogen and oxygen atoms in total. The zero-order chi connectivity index (χ0) is 16.8. The van der Waals surface area contributed by atoms with Gasteiger partial charge in [-0.05, 0) is 24.8 Å². The van der Waals surface area contributed by atoms with Gasteiger partial charge in [-0.1, -0.05) is 13.8 Å². The Kier molecular flexibility index (Phi) is 6.15. The van der Waals surface area contributed by atoms with Gasteiger partial charge in [-0.2, -0.15) is 5.10 Å². The second-order valence-corrected chi connectivity index (χ2v) is 6.32. The Bertz CT molecular complexity index is 541. The van der Waals surface area contributed by atoms with E-state index < -0.39 is 6.04 Å². The lowest BCUT2D eigenvalue weighted by molar-refractivity contribution is -0.144. The summed E-state index contributed by atoms with van der Waals surface area (Å²) in [6, 6.07) is 1.45. The van der Waals surface area contributed by atoms with Gasteiger partial charge in [0.15, 0.2) is 0 Å². The van der Waals surface area contributed by atoms with E-state index >= 15 is 0 Å². The zero-order valence-electron chi connectivity index (χ0n) is 14.1. The second kappa shape index (κ2) is 8.10. The molecule has 1 fully saturated rings. The van der Waals surface area contributed by atoms with Crippen molar-refractivity contribution < 1.29 is 14.3 Å². The molecule has 23 heavy (non-hydrogen) atoms. The highest BCUT2D eigenvalue weighted by atomic mass is 16.5. The standard InChI is InChI=1S/C16H26N4O3/c1-12(2)9-14-16(22)17-6-4-8-20(14)15(21)11-23-10-13-5-7-18-19(13)3/h5,7,12,14H,4,6,8-11H2,1-3H3,(H,17,22). The van der Waals surface area contributed by atoms with E-state index in [4.69, 9.17) is 4.74 Å². The fourth-order valence-electron chi connectivity index (χ4n) is 2.72. The van der Waals surface area contributed by atoms with Crippen molar-refractivity contribution in [2.45, 2.75) is 39.3 Å². The van der Waals surface area contributed by atoms with Crippen LogP contribution in [0.4, 0.5) is 0 Å². The number of nitrogens with one attached hydrogen (secondary N) is 1. The van der Waals surface area contributed by atoms with Gasteiger partial charge in [-0.3, -0.25) is 14.3 Å². The summed E-state index contributed by atoms with van der Waals surface area (Å²) in [6.07, 6.45) is 3.13. The largest absolute Gasteiger partial charge is 0.365 e. The maximum absolute atomic E-state index is 12.5. The molecule has 1 aliphatic rings. The molecule has 2 amide bonds. The molecule has 1 saturated heterocycles. The topological polar surface area (TPSA) is 76.5 Å². The predicted molar refractivity (Wildman–Crippen MR) is 85.4 cm³/mol. The lowest BCUT2D eigenvalue weighted by Crippen LogP contribution is -2.49. The van der Waals surface area contributed by atoms with Crippen molar-refractivity contribution in [3.8, 4) is 0 Å². The summed E-state index contributed by atoms with van der Waals surface area (Å²) in [5, 5.41) is 6.95.